The number of hydrogen-bond acceptors (Lipinski definition) is 8. The van der Waals surface area contributed by atoms with Gasteiger partial charge in [-0.3, -0.25) is 14.4 Å². The van der Waals surface area contributed by atoms with Gasteiger partial charge in [0.2, 0.25) is 5.79 Å². The van der Waals surface area contributed by atoms with Gasteiger partial charge in [0.25, 0.3) is 0 Å². The van der Waals surface area contributed by atoms with Gasteiger partial charge in [0.05, 0.1) is 12.7 Å². The standard InChI is InChI=1S/C18H24O8/c1-9-5-6-15(24-10(2)19)18(26-9)16(25-11(3)20)12-7-14(21)17(4,22)13(12)8-23-18/h9,15-16,22H,5-8H2,1-4H3/t9-,15-,16+,17+,18-/m0/s1. The molecule has 0 radical (unpaired) electrons. The number of rotatable bonds is 2. The maximum absolute atomic E-state index is 12.3. The molecule has 26 heavy (non-hydrogen) atoms. The van der Waals surface area contributed by atoms with Crippen molar-refractivity contribution in [2.45, 2.75) is 76.7 Å². The lowest BCUT2D eigenvalue weighted by atomic mass is 9.85. The summed E-state index contributed by atoms with van der Waals surface area (Å²) in [4.78, 5) is 35.6. The van der Waals surface area contributed by atoms with Crippen LogP contribution in [0.3, 0.4) is 0 Å². The average molecular weight is 368 g/mol. The van der Waals surface area contributed by atoms with E-state index < -0.39 is 41.3 Å². The quantitative estimate of drug-likeness (QED) is 0.563. The van der Waals surface area contributed by atoms with Crippen LogP contribution in [0.5, 0.6) is 0 Å². The van der Waals surface area contributed by atoms with Gasteiger partial charge < -0.3 is 24.1 Å². The van der Waals surface area contributed by atoms with Crippen molar-refractivity contribution in [3.63, 3.8) is 0 Å². The molecule has 2 heterocycles. The maximum Gasteiger partial charge on any atom is 0.303 e. The summed E-state index contributed by atoms with van der Waals surface area (Å²) in [6.45, 7) is 5.70. The molecule has 0 saturated carbocycles. The van der Waals surface area contributed by atoms with Crippen molar-refractivity contribution in [3.8, 4) is 0 Å². The molecule has 144 valence electrons. The zero-order valence-electron chi connectivity index (χ0n) is 15.4. The molecule has 8 heteroatoms. The van der Waals surface area contributed by atoms with Gasteiger partial charge in [-0.15, -0.1) is 0 Å². The van der Waals surface area contributed by atoms with E-state index in [1.54, 1.807) is 0 Å². The second-order valence-corrected chi connectivity index (χ2v) is 7.28. The largest absolute Gasteiger partial charge is 0.457 e. The van der Waals surface area contributed by atoms with Crippen LogP contribution < -0.4 is 0 Å². The number of hydrogen-bond donors (Lipinski definition) is 1. The van der Waals surface area contributed by atoms with Crippen LogP contribution in [-0.4, -0.2) is 59.1 Å². The third kappa shape index (κ3) is 2.95. The molecule has 8 nitrogen and oxygen atoms in total. The Bertz CT molecular complexity index is 679. The highest BCUT2D eigenvalue weighted by Crippen LogP contribution is 2.48. The highest BCUT2D eigenvalue weighted by atomic mass is 16.7. The predicted octanol–water partition coefficient (Wildman–Crippen LogP) is 0.796. The van der Waals surface area contributed by atoms with Crippen LogP contribution in [0.25, 0.3) is 0 Å². The molecule has 3 aliphatic rings. The SMILES string of the molecule is CC(=O)O[C@H]1CC[C@H](C)O[C@@]12OCC1=C(CC(=O)[C@]1(C)O)[C@H]2OC(C)=O. The molecule has 5 atom stereocenters. The van der Waals surface area contributed by atoms with E-state index in [4.69, 9.17) is 18.9 Å². The Morgan fingerprint density at radius 2 is 1.85 bits per heavy atom. The van der Waals surface area contributed by atoms with E-state index in [9.17, 15) is 19.5 Å². The van der Waals surface area contributed by atoms with Crippen molar-refractivity contribution in [2.75, 3.05) is 6.61 Å². The van der Waals surface area contributed by atoms with Crippen molar-refractivity contribution >= 4 is 17.7 Å². The molecule has 0 amide bonds. The summed E-state index contributed by atoms with van der Waals surface area (Å²) in [6.07, 6.45) is -1.07. The molecule has 1 N–H and O–H groups in total. The second-order valence-electron chi connectivity index (χ2n) is 7.28. The van der Waals surface area contributed by atoms with Gasteiger partial charge >= 0.3 is 11.9 Å². The van der Waals surface area contributed by atoms with Gasteiger partial charge in [0, 0.05) is 20.3 Å². The van der Waals surface area contributed by atoms with Crippen LogP contribution >= 0.6 is 0 Å². The van der Waals surface area contributed by atoms with Crippen LogP contribution in [0.15, 0.2) is 11.1 Å². The molecule has 0 aromatic heterocycles. The molecule has 0 unspecified atom stereocenters. The Morgan fingerprint density at radius 1 is 1.19 bits per heavy atom. The van der Waals surface area contributed by atoms with E-state index in [1.807, 2.05) is 6.92 Å². The maximum atomic E-state index is 12.3. The lowest BCUT2D eigenvalue weighted by Gasteiger charge is -2.50. The van der Waals surface area contributed by atoms with Crippen LogP contribution in [0.4, 0.5) is 0 Å². The Morgan fingerprint density at radius 3 is 2.46 bits per heavy atom. The van der Waals surface area contributed by atoms with Gasteiger partial charge in [-0.2, -0.15) is 0 Å². The number of carbonyl (C=O) groups excluding carboxylic acids is 3. The first-order chi connectivity index (χ1) is 12.1. The Labute approximate surface area is 151 Å². The molecule has 1 spiro atoms. The summed E-state index contributed by atoms with van der Waals surface area (Å²) >= 11 is 0. The first-order valence-corrected chi connectivity index (χ1v) is 8.72. The van der Waals surface area contributed by atoms with E-state index >= 15 is 0 Å². The summed E-state index contributed by atoms with van der Waals surface area (Å²) in [5.74, 6) is -3.02. The highest BCUT2D eigenvalue weighted by Gasteiger charge is 2.62. The molecule has 0 aromatic carbocycles. The normalized spacial score (nSPS) is 39.7. The highest BCUT2D eigenvalue weighted by molar-refractivity contribution is 5.96. The van der Waals surface area contributed by atoms with Gasteiger partial charge in [-0.25, -0.2) is 0 Å². The number of ketones is 1. The summed E-state index contributed by atoms with van der Waals surface area (Å²) in [7, 11) is 0. The molecular formula is C18H24O8. The fourth-order valence-corrected chi connectivity index (χ4v) is 3.98. The van der Waals surface area contributed by atoms with Gasteiger partial charge in [0.1, 0.15) is 5.60 Å². The fraction of sp³-hybridized carbons (Fsp3) is 0.722. The van der Waals surface area contributed by atoms with Gasteiger partial charge in [0.15, 0.2) is 18.0 Å². The smallest absolute Gasteiger partial charge is 0.303 e. The van der Waals surface area contributed by atoms with Crippen LogP contribution in [0.1, 0.15) is 47.0 Å². The number of aliphatic hydroxyl groups is 1. The van der Waals surface area contributed by atoms with E-state index in [2.05, 4.69) is 0 Å². The fourth-order valence-electron chi connectivity index (χ4n) is 3.98. The Hall–Kier alpha value is -1.77. The van der Waals surface area contributed by atoms with Gasteiger partial charge in [-0.1, -0.05) is 0 Å². The van der Waals surface area contributed by atoms with E-state index in [-0.39, 0.29) is 19.1 Å². The third-order valence-electron chi connectivity index (χ3n) is 5.25. The number of ether oxygens (including phenoxy) is 4. The molecule has 1 aliphatic carbocycles. The van der Waals surface area contributed by atoms with Crippen molar-refractivity contribution in [2.24, 2.45) is 0 Å². The van der Waals surface area contributed by atoms with Crippen LogP contribution in [0, 0.1) is 0 Å². The zero-order valence-corrected chi connectivity index (χ0v) is 15.4. The Kier molecular flexibility index (Phi) is 4.71. The van der Waals surface area contributed by atoms with E-state index in [1.165, 1.54) is 20.8 Å². The Balaban J connectivity index is 2.08. The average Bonchev–Trinajstić information content (AvgIpc) is 2.75. The first kappa shape index (κ1) is 19.0. The predicted molar refractivity (Wildman–Crippen MR) is 86.8 cm³/mol. The monoisotopic (exact) mass is 368 g/mol. The molecule has 1 saturated heterocycles. The van der Waals surface area contributed by atoms with Crippen LogP contribution in [-0.2, 0) is 33.3 Å². The molecule has 0 aromatic rings. The van der Waals surface area contributed by atoms with Crippen molar-refractivity contribution < 1.29 is 38.4 Å². The minimum absolute atomic E-state index is 0.0731. The van der Waals surface area contributed by atoms with E-state index in [0.717, 1.165) is 0 Å². The number of esters is 2. The molecule has 2 aliphatic heterocycles. The van der Waals surface area contributed by atoms with Crippen LogP contribution in [0.2, 0.25) is 0 Å². The minimum atomic E-state index is -1.67. The topological polar surface area (TPSA) is 108 Å². The molecule has 3 rings (SSSR count). The lowest BCUT2D eigenvalue weighted by Crippen LogP contribution is -2.64. The van der Waals surface area contributed by atoms with Gasteiger partial charge in [-0.05, 0) is 37.8 Å². The van der Waals surface area contributed by atoms with Crippen molar-refractivity contribution in [3.05, 3.63) is 11.1 Å². The number of Topliss-reactive ketones (excluding diaryl/α,β-unsaturated/α-hetero) is 1. The van der Waals surface area contributed by atoms with E-state index in [0.29, 0.717) is 24.0 Å². The van der Waals surface area contributed by atoms with Crippen molar-refractivity contribution in [1.29, 1.82) is 0 Å². The second kappa shape index (κ2) is 6.44. The zero-order chi connectivity index (χ0) is 19.3. The molecule has 0 bridgehead atoms. The number of carbonyl (C=O) groups is 3. The third-order valence-corrected chi connectivity index (χ3v) is 5.25. The first-order valence-electron chi connectivity index (χ1n) is 8.72. The summed E-state index contributed by atoms with van der Waals surface area (Å²) in [5.41, 5.74) is -0.831. The lowest BCUT2D eigenvalue weighted by molar-refractivity contribution is -0.351. The molecule has 1 fully saturated rings. The molecular weight excluding hydrogens is 344 g/mol. The minimum Gasteiger partial charge on any atom is -0.457 e. The van der Waals surface area contributed by atoms with Crippen molar-refractivity contribution in [1.82, 2.24) is 0 Å². The summed E-state index contributed by atoms with van der Waals surface area (Å²) < 4.78 is 22.9. The summed E-state index contributed by atoms with van der Waals surface area (Å²) in [5, 5.41) is 10.5. The summed E-state index contributed by atoms with van der Waals surface area (Å²) in [6, 6.07) is 0.